The van der Waals surface area contributed by atoms with E-state index in [-0.39, 0.29) is 24.4 Å². The topological polar surface area (TPSA) is 128 Å². The molecule has 1 amide bonds. The summed E-state index contributed by atoms with van der Waals surface area (Å²) in [6, 6.07) is 7.10. The van der Waals surface area contributed by atoms with Crippen molar-refractivity contribution in [3.05, 3.63) is 36.2 Å². The van der Waals surface area contributed by atoms with Gasteiger partial charge in [-0.3, -0.25) is 9.79 Å². The Balaban J connectivity index is 1.66. The maximum atomic E-state index is 12.2. The van der Waals surface area contributed by atoms with Gasteiger partial charge in [-0.05, 0) is 39.1 Å². The Kier molecular flexibility index (Phi) is 6.50. The predicted octanol–water partition coefficient (Wildman–Crippen LogP) is 2.04. The SMILES string of the molecule is C[C@@H]1CN(C)CCCNc2ncnc3[nH]c(O)c(c23)C=Nc2cccc(c2)OCC(=O)N1. The molecule has 4 N–H and O–H groups in total. The van der Waals surface area contributed by atoms with Crippen LogP contribution >= 0.6 is 0 Å². The van der Waals surface area contributed by atoms with E-state index in [4.69, 9.17) is 4.74 Å². The van der Waals surface area contributed by atoms with Gasteiger partial charge in [0, 0.05) is 31.4 Å². The summed E-state index contributed by atoms with van der Waals surface area (Å²) >= 11 is 0. The smallest absolute Gasteiger partial charge is 0.258 e. The van der Waals surface area contributed by atoms with Gasteiger partial charge in [0.25, 0.3) is 5.91 Å². The van der Waals surface area contributed by atoms with Gasteiger partial charge in [-0.15, -0.1) is 0 Å². The number of hydrogen-bond donors (Lipinski definition) is 4. The number of anilines is 1. The molecule has 3 aromatic rings. The number of ether oxygens (including phenoxy) is 1. The summed E-state index contributed by atoms with van der Waals surface area (Å²) < 4.78 is 5.64. The van der Waals surface area contributed by atoms with Crippen molar-refractivity contribution in [1.29, 1.82) is 0 Å². The first-order chi connectivity index (χ1) is 15.5. The molecule has 0 unspecified atom stereocenters. The van der Waals surface area contributed by atoms with E-state index in [9.17, 15) is 9.90 Å². The Bertz CT molecular complexity index is 1130. The highest BCUT2D eigenvalue weighted by Gasteiger charge is 2.16. The number of aromatic amines is 1. The Morgan fingerprint density at radius 3 is 3.03 bits per heavy atom. The lowest BCUT2D eigenvalue weighted by molar-refractivity contribution is -0.123. The number of amides is 1. The maximum absolute atomic E-state index is 12.2. The summed E-state index contributed by atoms with van der Waals surface area (Å²) in [5.41, 5.74) is 1.65. The van der Waals surface area contributed by atoms with Gasteiger partial charge >= 0.3 is 0 Å². The molecule has 3 heterocycles. The second-order valence-electron chi connectivity index (χ2n) is 7.89. The number of benzene rings is 1. The summed E-state index contributed by atoms with van der Waals surface area (Å²) in [5, 5.41) is 17.4. The second-order valence-corrected chi connectivity index (χ2v) is 7.89. The highest BCUT2D eigenvalue weighted by atomic mass is 16.5. The van der Waals surface area contributed by atoms with Crippen LogP contribution in [0.1, 0.15) is 18.9 Å². The number of hydrogen-bond acceptors (Lipinski definition) is 8. The third kappa shape index (κ3) is 5.14. The zero-order chi connectivity index (χ0) is 22.5. The van der Waals surface area contributed by atoms with Gasteiger partial charge in [0.15, 0.2) is 12.5 Å². The van der Waals surface area contributed by atoms with Crippen molar-refractivity contribution < 1.29 is 14.6 Å². The van der Waals surface area contributed by atoms with E-state index in [2.05, 4.69) is 35.5 Å². The zero-order valence-electron chi connectivity index (χ0n) is 18.1. The van der Waals surface area contributed by atoms with Crippen LogP contribution in [0.15, 0.2) is 35.6 Å². The van der Waals surface area contributed by atoms with Crippen molar-refractivity contribution in [2.75, 3.05) is 38.6 Å². The number of likely N-dealkylation sites (N-methyl/N-ethyl adjacent to an activating group) is 1. The molecule has 4 rings (SSSR count). The minimum absolute atomic E-state index is 0.00560. The van der Waals surface area contributed by atoms with E-state index in [0.29, 0.717) is 40.4 Å². The predicted molar refractivity (Wildman–Crippen MR) is 123 cm³/mol. The number of aromatic hydroxyl groups is 1. The first-order valence-corrected chi connectivity index (χ1v) is 10.5. The molecule has 1 aliphatic heterocycles. The minimum Gasteiger partial charge on any atom is -0.494 e. The van der Waals surface area contributed by atoms with Crippen LogP contribution in [0.5, 0.6) is 11.6 Å². The number of carbonyl (C=O) groups excluding carboxylic acids is 1. The van der Waals surface area contributed by atoms with Crippen molar-refractivity contribution in [1.82, 2.24) is 25.2 Å². The summed E-state index contributed by atoms with van der Waals surface area (Å²) in [6.45, 7) is 4.16. The fourth-order valence-corrected chi connectivity index (χ4v) is 3.71. The minimum atomic E-state index is -0.173. The monoisotopic (exact) mass is 437 g/mol. The average molecular weight is 438 g/mol. The summed E-state index contributed by atoms with van der Waals surface area (Å²) in [5.74, 6) is 0.960. The molecule has 168 valence electrons. The molecule has 0 spiro atoms. The second kappa shape index (κ2) is 9.65. The van der Waals surface area contributed by atoms with E-state index in [1.165, 1.54) is 6.33 Å². The van der Waals surface area contributed by atoms with Gasteiger partial charge in [0.1, 0.15) is 23.5 Å². The standard InChI is InChI=1S/C22H27N7O3/c1-14-11-29(2)8-4-7-23-20-19-17(22(31)28-21(19)26-13-25-20)10-24-15-5-3-6-16(9-15)32-12-18(30)27-14/h3,5-6,9-10,13-14,31H,4,7-8,11-12H2,1-2H3,(H,27,30)(H2,23,25,26,28)/t14-/m1/s1. The molecule has 0 radical (unpaired) electrons. The Labute approximate surface area is 185 Å². The van der Waals surface area contributed by atoms with Crippen LogP contribution in [0.25, 0.3) is 11.0 Å². The van der Waals surface area contributed by atoms with Gasteiger partial charge in [0.05, 0.1) is 16.6 Å². The number of nitrogens with one attached hydrogen (secondary N) is 3. The highest BCUT2D eigenvalue weighted by molar-refractivity contribution is 6.06. The molecule has 10 heteroatoms. The molecule has 0 aliphatic carbocycles. The molecule has 1 atom stereocenters. The molecule has 0 saturated carbocycles. The molecule has 2 bridgehead atoms. The first-order valence-electron chi connectivity index (χ1n) is 10.5. The normalized spacial score (nSPS) is 18.7. The summed E-state index contributed by atoms with van der Waals surface area (Å²) in [6.07, 6.45) is 3.89. The van der Waals surface area contributed by atoms with Crippen LogP contribution in [0, 0.1) is 0 Å². The lowest BCUT2D eigenvalue weighted by atomic mass is 10.2. The number of aromatic nitrogens is 3. The molecule has 0 saturated heterocycles. The maximum Gasteiger partial charge on any atom is 0.258 e. The summed E-state index contributed by atoms with van der Waals surface area (Å²) in [4.78, 5) is 30.3. The van der Waals surface area contributed by atoms with Gasteiger partial charge in [-0.25, -0.2) is 9.97 Å². The van der Waals surface area contributed by atoms with Crippen molar-refractivity contribution in [2.24, 2.45) is 4.99 Å². The van der Waals surface area contributed by atoms with Gasteiger partial charge in [0.2, 0.25) is 0 Å². The Morgan fingerprint density at radius 2 is 2.16 bits per heavy atom. The van der Waals surface area contributed by atoms with Crippen LogP contribution in [-0.2, 0) is 4.79 Å². The third-order valence-electron chi connectivity index (χ3n) is 5.14. The van der Waals surface area contributed by atoms with Gasteiger partial charge in [-0.1, -0.05) is 6.07 Å². The molecule has 32 heavy (non-hydrogen) atoms. The molecule has 1 aliphatic rings. The number of nitrogens with zero attached hydrogens (tertiary/aromatic N) is 4. The van der Waals surface area contributed by atoms with E-state index >= 15 is 0 Å². The van der Waals surface area contributed by atoms with Gasteiger partial charge in [-0.2, -0.15) is 0 Å². The molecular weight excluding hydrogens is 410 g/mol. The number of aliphatic imine (C=N–C) groups is 1. The van der Waals surface area contributed by atoms with Gasteiger partial charge < -0.3 is 30.4 Å². The van der Waals surface area contributed by atoms with E-state index < -0.39 is 0 Å². The van der Waals surface area contributed by atoms with Crippen LogP contribution in [-0.4, -0.2) is 76.4 Å². The van der Waals surface area contributed by atoms with Crippen LogP contribution in [0.4, 0.5) is 11.5 Å². The molecular formula is C22H27N7O3. The average Bonchev–Trinajstić information content (AvgIpc) is 3.09. The largest absolute Gasteiger partial charge is 0.494 e. The fourth-order valence-electron chi connectivity index (χ4n) is 3.71. The highest BCUT2D eigenvalue weighted by Crippen LogP contribution is 2.30. The quantitative estimate of drug-likeness (QED) is 0.424. The molecule has 0 fully saturated rings. The Morgan fingerprint density at radius 1 is 1.28 bits per heavy atom. The summed E-state index contributed by atoms with van der Waals surface area (Å²) in [7, 11) is 2.02. The van der Waals surface area contributed by atoms with Crippen LogP contribution < -0.4 is 15.4 Å². The number of carbonyl (C=O) groups is 1. The third-order valence-corrected chi connectivity index (χ3v) is 5.14. The van der Waals surface area contributed by atoms with E-state index in [0.717, 1.165) is 19.5 Å². The molecule has 1 aromatic carbocycles. The zero-order valence-corrected chi connectivity index (χ0v) is 18.1. The number of rotatable bonds is 0. The lowest BCUT2D eigenvalue weighted by Crippen LogP contribution is -2.42. The van der Waals surface area contributed by atoms with Crippen molar-refractivity contribution in [2.45, 2.75) is 19.4 Å². The van der Waals surface area contributed by atoms with Crippen molar-refractivity contribution in [3.8, 4) is 11.6 Å². The Hall–Kier alpha value is -3.66. The number of fused-ring (bicyclic) bond motifs is 2. The van der Waals surface area contributed by atoms with E-state index in [1.54, 1.807) is 24.4 Å². The van der Waals surface area contributed by atoms with Crippen LogP contribution in [0.3, 0.4) is 0 Å². The van der Waals surface area contributed by atoms with Crippen molar-refractivity contribution >= 4 is 34.7 Å². The first kappa shape index (κ1) is 21.6. The van der Waals surface area contributed by atoms with E-state index in [1.807, 2.05) is 20.0 Å². The fraction of sp³-hybridized carbons (Fsp3) is 0.364. The van der Waals surface area contributed by atoms with Crippen LogP contribution in [0.2, 0.25) is 0 Å². The molecule has 10 nitrogen and oxygen atoms in total. The van der Waals surface area contributed by atoms with Crippen molar-refractivity contribution in [3.63, 3.8) is 0 Å². The molecule has 2 aromatic heterocycles. The lowest BCUT2D eigenvalue weighted by Gasteiger charge is -2.22. The number of H-pyrrole nitrogens is 1.